The SMILES string of the molecule is N/C(=N/O)c1cc(F)c(N2CCc3ccccc32)c(F)c1. The highest BCUT2D eigenvalue weighted by Crippen LogP contribution is 2.37. The fraction of sp³-hybridized carbons (Fsp3) is 0.133. The molecule has 0 saturated heterocycles. The molecule has 6 heteroatoms. The molecule has 2 aromatic carbocycles. The van der Waals surface area contributed by atoms with E-state index in [2.05, 4.69) is 5.16 Å². The fourth-order valence-corrected chi connectivity index (χ4v) is 2.60. The Hall–Kier alpha value is -2.63. The van der Waals surface area contributed by atoms with Crippen LogP contribution in [0.25, 0.3) is 0 Å². The molecule has 0 spiro atoms. The van der Waals surface area contributed by atoms with Gasteiger partial charge in [0.2, 0.25) is 0 Å². The van der Waals surface area contributed by atoms with E-state index >= 15 is 0 Å². The summed E-state index contributed by atoms with van der Waals surface area (Å²) in [6, 6.07) is 9.63. The molecule has 108 valence electrons. The summed E-state index contributed by atoms with van der Waals surface area (Å²) in [7, 11) is 0. The Labute approximate surface area is 120 Å². The van der Waals surface area contributed by atoms with Gasteiger partial charge in [0, 0.05) is 17.8 Å². The summed E-state index contributed by atoms with van der Waals surface area (Å²) in [6.45, 7) is 0.510. The van der Waals surface area contributed by atoms with Crippen LogP contribution < -0.4 is 10.6 Å². The molecule has 21 heavy (non-hydrogen) atoms. The Bertz CT molecular complexity index is 708. The van der Waals surface area contributed by atoms with Gasteiger partial charge in [0.1, 0.15) is 5.69 Å². The molecule has 2 aromatic rings. The molecule has 3 N–H and O–H groups in total. The molecule has 1 aliphatic heterocycles. The number of rotatable bonds is 2. The van der Waals surface area contributed by atoms with Gasteiger partial charge in [-0.15, -0.1) is 0 Å². The van der Waals surface area contributed by atoms with Gasteiger partial charge in [-0.3, -0.25) is 0 Å². The number of nitrogens with zero attached hydrogens (tertiary/aromatic N) is 2. The van der Waals surface area contributed by atoms with Gasteiger partial charge in [-0.1, -0.05) is 23.4 Å². The highest BCUT2D eigenvalue weighted by Gasteiger charge is 2.26. The molecule has 3 rings (SSSR count). The normalized spacial score (nSPS) is 14.4. The quantitative estimate of drug-likeness (QED) is 0.387. The Morgan fingerprint density at radius 3 is 2.52 bits per heavy atom. The third-order valence-corrected chi connectivity index (χ3v) is 3.58. The van der Waals surface area contributed by atoms with E-state index < -0.39 is 11.6 Å². The van der Waals surface area contributed by atoms with E-state index in [0.717, 1.165) is 29.8 Å². The van der Waals surface area contributed by atoms with Gasteiger partial charge in [-0.25, -0.2) is 8.78 Å². The maximum atomic E-state index is 14.3. The van der Waals surface area contributed by atoms with Crippen LogP contribution in [0.5, 0.6) is 0 Å². The van der Waals surface area contributed by atoms with E-state index in [-0.39, 0.29) is 17.1 Å². The first-order valence-electron chi connectivity index (χ1n) is 6.44. The summed E-state index contributed by atoms with van der Waals surface area (Å²) in [6.07, 6.45) is 0.733. The Balaban J connectivity index is 2.09. The molecular weight excluding hydrogens is 276 g/mol. The lowest BCUT2D eigenvalue weighted by Crippen LogP contribution is -2.19. The molecule has 0 saturated carbocycles. The van der Waals surface area contributed by atoms with Crippen LogP contribution in [0.3, 0.4) is 0 Å². The van der Waals surface area contributed by atoms with Crippen LogP contribution in [0, 0.1) is 11.6 Å². The number of hydrogen-bond donors (Lipinski definition) is 2. The molecular formula is C15H13F2N3O. The molecule has 0 amide bonds. The zero-order valence-corrected chi connectivity index (χ0v) is 11.1. The minimum atomic E-state index is -0.742. The van der Waals surface area contributed by atoms with Crippen molar-refractivity contribution in [2.45, 2.75) is 6.42 Å². The third-order valence-electron chi connectivity index (χ3n) is 3.58. The topological polar surface area (TPSA) is 61.9 Å². The predicted molar refractivity (Wildman–Crippen MR) is 76.0 cm³/mol. The first-order valence-corrected chi connectivity index (χ1v) is 6.44. The molecule has 1 aliphatic rings. The highest BCUT2D eigenvalue weighted by atomic mass is 19.1. The van der Waals surface area contributed by atoms with Crippen LogP contribution in [0.15, 0.2) is 41.6 Å². The van der Waals surface area contributed by atoms with Crippen LogP contribution in [0.2, 0.25) is 0 Å². The van der Waals surface area contributed by atoms with Gasteiger partial charge >= 0.3 is 0 Å². The Morgan fingerprint density at radius 2 is 1.86 bits per heavy atom. The van der Waals surface area contributed by atoms with Gasteiger partial charge in [-0.05, 0) is 30.2 Å². The first-order chi connectivity index (χ1) is 10.1. The summed E-state index contributed by atoms with van der Waals surface area (Å²) in [5.74, 6) is -1.82. The van der Waals surface area contributed by atoms with E-state index in [1.165, 1.54) is 0 Å². The smallest absolute Gasteiger partial charge is 0.170 e. The molecule has 0 fully saturated rings. The van der Waals surface area contributed by atoms with E-state index in [9.17, 15) is 8.78 Å². The highest BCUT2D eigenvalue weighted by molar-refractivity contribution is 5.97. The first kappa shape index (κ1) is 13.4. The number of para-hydroxylation sites is 1. The maximum absolute atomic E-state index is 14.3. The molecule has 1 heterocycles. The third kappa shape index (κ3) is 2.18. The number of nitrogens with two attached hydrogens (primary N) is 1. The largest absolute Gasteiger partial charge is 0.409 e. The van der Waals surface area contributed by atoms with Crippen LogP contribution in [0.1, 0.15) is 11.1 Å². The van der Waals surface area contributed by atoms with Crippen molar-refractivity contribution >= 4 is 17.2 Å². The van der Waals surface area contributed by atoms with Crippen LogP contribution in [-0.4, -0.2) is 17.6 Å². The standard InChI is InChI=1S/C15H13F2N3O/c16-11-7-10(15(18)19-21)8-12(17)14(11)20-6-5-9-3-1-2-4-13(9)20/h1-4,7-8,21H,5-6H2,(H2,18,19). The second kappa shape index (κ2) is 5.05. The molecule has 0 radical (unpaired) electrons. The summed E-state index contributed by atoms with van der Waals surface area (Å²) in [5.41, 5.74) is 7.10. The van der Waals surface area contributed by atoms with Crippen molar-refractivity contribution in [1.82, 2.24) is 0 Å². The summed E-state index contributed by atoms with van der Waals surface area (Å²) < 4.78 is 28.6. The predicted octanol–water partition coefficient (Wildman–Crippen LogP) is 2.75. The summed E-state index contributed by atoms with van der Waals surface area (Å²) >= 11 is 0. The van der Waals surface area contributed by atoms with Crippen molar-refractivity contribution in [2.75, 3.05) is 11.4 Å². The van der Waals surface area contributed by atoms with E-state index in [1.54, 1.807) is 4.90 Å². The molecule has 0 aromatic heterocycles. The Kier molecular flexibility index (Phi) is 3.21. The van der Waals surface area contributed by atoms with Gasteiger partial charge in [-0.2, -0.15) is 0 Å². The molecule has 0 atom stereocenters. The van der Waals surface area contributed by atoms with Gasteiger partial charge < -0.3 is 15.8 Å². The number of oxime groups is 1. The van der Waals surface area contributed by atoms with Crippen LogP contribution >= 0.6 is 0 Å². The monoisotopic (exact) mass is 289 g/mol. The average Bonchev–Trinajstić information content (AvgIpc) is 2.90. The zero-order valence-electron chi connectivity index (χ0n) is 11.1. The van der Waals surface area contributed by atoms with Crippen LogP contribution in [-0.2, 0) is 6.42 Å². The van der Waals surface area contributed by atoms with Crippen molar-refractivity contribution in [2.24, 2.45) is 10.9 Å². The second-order valence-corrected chi connectivity index (χ2v) is 4.80. The minimum absolute atomic E-state index is 0.00346. The number of fused-ring (bicyclic) bond motifs is 1. The number of amidine groups is 1. The lowest BCUT2D eigenvalue weighted by atomic mass is 10.1. The molecule has 0 unspecified atom stereocenters. The van der Waals surface area contributed by atoms with Gasteiger partial charge in [0.05, 0.1) is 0 Å². The number of hydrogen-bond acceptors (Lipinski definition) is 3. The Morgan fingerprint density at radius 1 is 1.19 bits per heavy atom. The van der Waals surface area contributed by atoms with Crippen molar-refractivity contribution in [3.8, 4) is 0 Å². The van der Waals surface area contributed by atoms with E-state index in [4.69, 9.17) is 10.9 Å². The lowest BCUT2D eigenvalue weighted by Gasteiger charge is -2.21. The van der Waals surface area contributed by atoms with Gasteiger partial charge in [0.15, 0.2) is 17.5 Å². The average molecular weight is 289 g/mol. The van der Waals surface area contributed by atoms with Crippen molar-refractivity contribution in [1.29, 1.82) is 0 Å². The van der Waals surface area contributed by atoms with Crippen molar-refractivity contribution < 1.29 is 14.0 Å². The zero-order chi connectivity index (χ0) is 15.0. The van der Waals surface area contributed by atoms with Crippen molar-refractivity contribution in [3.05, 3.63) is 59.2 Å². The lowest BCUT2D eigenvalue weighted by molar-refractivity contribution is 0.318. The number of halogens is 2. The summed E-state index contributed by atoms with van der Waals surface area (Å²) in [4.78, 5) is 1.61. The van der Waals surface area contributed by atoms with E-state index in [1.807, 2.05) is 24.3 Å². The minimum Gasteiger partial charge on any atom is -0.409 e. The summed E-state index contributed by atoms with van der Waals surface area (Å²) in [5, 5.41) is 11.3. The van der Waals surface area contributed by atoms with Crippen LogP contribution in [0.4, 0.5) is 20.2 Å². The molecule has 0 aliphatic carbocycles. The van der Waals surface area contributed by atoms with Crippen molar-refractivity contribution in [3.63, 3.8) is 0 Å². The fourth-order valence-electron chi connectivity index (χ4n) is 2.60. The number of benzene rings is 2. The van der Waals surface area contributed by atoms with E-state index in [0.29, 0.717) is 6.54 Å². The second-order valence-electron chi connectivity index (χ2n) is 4.80. The van der Waals surface area contributed by atoms with Gasteiger partial charge in [0.25, 0.3) is 0 Å². The maximum Gasteiger partial charge on any atom is 0.170 e. The molecule has 0 bridgehead atoms. The number of anilines is 2. The molecule has 4 nitrogen and oxygen atoms in total.